The molecule has 180 valence electrons. The summed E-state index contributed by atoms with van der Waals surface area (Å²) in [5.74, 6) is 7.77. The van der Waals surface area contributed by atoms with Crippen molar-refractivity contribution in [2.45, 2.75) is 90.2 Å². The number of carbonyl (C=O) groups is 1. The first kappa shape index (κ1) is 23.4. The summed E-state index contributed by atoms with van der Waals surface area (Å²) in [7, 11) is 2.14. The molecule has 0 radical (unpaired) electrons. The summed E-state index contributed by atoms with van der Waals surface area (Å²) in [5.41, 5.74) is 5.74. The highest BCUT2D eigenvalue weighted by molar-refractivity contribution is 5.93. The van der Waals surface area contributed by atoms with Crippen molar-refractivity contribution < 1.29 is 9.90 Å². The summed E-state index contributed by atoms with van der Waals surface area (Å²) in [6.07, 6.45) is 8.23. The van der Waals surface area contributed by atoms with E-state index in [-0.39, 0.29) is 17.1 Å². The van der Waals surface area contributed by atoms with E-state index in [9.17, 15) is 9.90 Å². The van der Waals surface area contributed by atoms with E-state index in [0.717, 1.165) is 38.5 Å². The third kappa shape index (κ3) is 3.49. The molecule has 2 saturated carbocycles. The normalized spacial score (nSPS) is 34.6. The van der Waals surface area contributed by atoms with Crippen LogP contribution in [0.5, 0.6) is 0 Å². The van der Waals surface area contributed by atoms with Crippen LogP contribution in [0.3, 0.4) is 0 Å². The van der Waals surface area contributed by atoms with Crippen molar-refractivity contribution >= 4 is 11.5 Å². The van der Waals surface area contributed by atoms with Gasteiger partial charge in [0.15, 0.2) is 5.78 Å². The van der Waals surface area contributed by atoms with Gasteiger partial charge in [-0.05, 0) is 106 Å². The Morgan fingerprint density at radius 3 is 2.53 bits per heavy atom. The van der Waals surface area contributed by atoms with Crippen LogP contribution in [0.2, 0.25) is 0 Å². The van der Waals surface area contributed by atoms with Crippen molar-refractivity contribution in [3.05, 3.63) is 52.6 Å². The number of hydrogen-bond donors (Lipinski definition) is 1. The van der Waals surface area contributed by atoms with Crippen molar-refractivity contribution in [1.29, 1.82) is 0 Å². The quantitative estimate of drug-likeness (QED) is 0.552. The smallest absolute Gasteiger partial charge is 0.156 e. The molecule has 2 unspecified atom stereocenters. The van der Waals surface area contributed by atoms with Gasteiger partial charge in [-0.3, -0.25) is 4.79 Å². The van der Waals surface area contributed by atoms with Crippen LogP contribution in [0.1, 0.15) is 84.1 Å². The standard InChI is InChI=1S/C31H39NO2/c1-6-16-31(34)17-15-28-26-13-9-22-18-24(33)12-14-25(22)29(26)27(19-30(28,31)4)21-7-10-23(11-8-21)32(5)20(2)3/h7-8,10-11,18,20,26-28,34H,9,12-15,17,19H2,1-5H3/t26?,27-,28?,30+,31+/m1/s1/i5-1. The van der Waals surface area contributed by atoms with Crippen molar-refractivity contribution in [2.24, 2.45) is 17.3 Å². The van der Waals surface area contributed by atoms with E-state index in [1.54, 1.807) is 5.57 Å². The number of ketones is 1. The molecule has 1 N–H and O–H groups in total. The Morgan fingerprint density at radius 1 is 1.12 bits per heavy atom. The van der Waals surface area contributed by atoms with E-state index in [4.69, 9.17) is 0 Å². The Hall–Kier alpha value is -2.31. The van der Waals surface area contributed by atoms with Gasteiger partial charge in [0.05, 0.1) is 0 Å². The van der Waals surface area contributed by atoms with Gasteiger partial charge >= 0.3 is 0 Å². The van der Waals surface area contributed by atoms with Crippen LogP contribution in [-0.4, -0.2) is 29.6 Å². The van der Waals surface area contributed by atoms with Gasteiger partial charge in [-0.15, -0.1) is 5.92 Å². The first-order valence-electron chi connectivity index (χ1n) is 13.1. The van der Waals surface area contributed by atoms with Gasteiger partial charge in [-0.1, -0.05) is 30.6 Å². The molecular weight excluding hydrogens is 417 g/mol. The topological polar surface area (TPSA) is 40.5 Å². The summed E-state index contributed by atoms with van der Waals surface area (Å²) in [4.78, 5) is 14.5. The predicted molar refractivity (Wildman–Crippen MR) is 139 cm³/mol. The number of nitrogens with zero attached hydrogens (tertiary/aromatic N) is 1. The number of rotatable bonds is 3. The lowest BCUT2D eigenvalue weighted by molar-refractivity contribution is -0.114. The van der Waals surface area contributed by atoms with Crippen molar-refractivity contribution in [3.8, 4) is 11.8 Å². The SMILES string of the molecule is CC#C[C@]1(O)CCC2C3CCC4=CC(=O)CCC4=C3[C@@H](c3ccc(N([11CH3])C(C)C)cc3)C[C@@]21C. The zero-order valence-corrected chi connectivity index (χ0v) is 21.4. The molecule has 0 saturated heterocycles. The van der Waals surface area contributed by atoms with Crippen LogP contribution < -0.4 is 4.90 Å². The minimum Gasteiger partial charge on any atom is -0.377 e. The highest BCUT2D eigenvalue weighted by Gasteiger charge is 2.62. The molecule has 0 bridgehead atoms. The predicted octanol–water partition coefficient (Wildman–Crippen LogP) is 6.19. The zero-order chi connectivity index (χ0) is 24.3. The summed E-state index contributed by atoms with van der Waals surface area (Å²) in [6, 6.07) is 9.56. The second-order valence-corrected chi connectivity index (χ2v) is 11.6. The van der Waals surface area contributed by atoms with Crippen LogP contribution in [0.15, 0.2) is 47.1 Å². The van der Waals surface area contributed by atoms with Crippen LogP contribution in [0, 0.1) is 29.1 Å². The number of aliphatic hydroxyl groups is 1. The molecule has 3 heteroatoms. The van der Waals surface area contributed by atoms with E-state index >= 15 is 0 Å². The highest BCUT2D eigenvalue weighted by Crippen LogP contribution is 2.66. The molecule has 34 heavy (non-hydrogen) atoms. The van der Waals surface area contributed by atoms with E-state index in [2.05, 4.69) is 68.8 Å². The fraction of sp³-hybridized carbons (Fsp3) is 0.581. The second kappa shape index (κ2) is 8.42. The molecule has 4 aliphatic carbocycles. The number of fused-ring (bicyclic) bond motifs is 4. The molecule has 0 amide bonds. The van der Waals surface area contributed by atoms with Crippen LogP contribution >= 0.6 is 0 Å². The molecule has 0 aliphatic heterocycles. The lowest BCUT2D eigenvalue weighted by Gasteiger charge is -2.53. The molecule has 1 aromatic rings. The van der Waals surface area contributed by atoms with Gasteiger partial charge in [0.25, 0.3) is 0 Å². The van der Waals surface area contributed by atoms with Gasteiger partial charge in [-0.25, -0.2) is 0 Å². The minimum atomic E-state index is -0.919. The maximum atomic E-state index is 12.2. The average Bonchev–Trinajstić information content (AvgIpc) is 3.08. The number of carbonyl (C=O) groups excluding carboxylic acids is 1. The first-order valence-corrected chi connectivity index (χ1v) is 13.1. The Kier molecular flexibility index (Phi) is 5.80. The first-order chi connectivity index (χ1) is 16.2. The minimum absolute atomic E-state index is 0.228. The molecule has 5 atom stereocenters. The van der Waals surface area contributed by atoms with E-state index in [0.29, 0.717) is 24.3 Å². The Balaban J connectivity index is 1.64. The average molecular weight is 457 g/mol. The largest absolute Gasteiger partial charge is 0.377 e. The third-order valence-corrected chi connectivity index (χ3v) is 9.70. The molecule has 4 aliphatic rings. The van der Waals surface area contributed by atoms with Gasteiger partial charge < -0.3 is 10.0 Å². The lowest BCUT2D eigenvalue weighted by Crippen LogP contribution is -2.51. The molecular formula is C31H39NO2. The van der Waals surface area contributed by atoms with Gasteiger partial charge in [0.2, 0.25) is 0 Å². The summed E-state index contributed by atoms with van der Waals surface area (Å²) in [6.45, 7) is 8.58. The van der Waals surface area contributed by atoms with Gasteiger partial charge in [0.1, 0.15) is 5.60 Å². The third-order valence-electron chi connectivity index (χ3n) is 9.70. The Morgan fingerprint density at radius 2 is 1.85 bits per heavy atom. The maximum absolute atomic E-state index is 12.2. The van der Waals surface area contributed by atoms with Crippen molar-refractivity contribution in [2.75, 3.05) is 11.9 Å². The Bertz CT molecular complexity index is 1110. The molecule has 3 nitrogen and oxygen atoms in total. The fourth-order valence-electron chi connectivity index (χ4n) is 7.62. The molecule has 0 heterocycles. The van der Waals surface area contributed by atoms with E-state index < -0.39 is 5.60 Å². The Labute approximate surface area is 205 Å². The molecule has 2 fully saturated rings. The van der Waals surface area contributed by atoms with Crippen LogP contribution in [0.25, 0.3) is 0 Å². The van der Waals surface area contributed by atoms with Crippen molar-refractivity contribution in [3.63, 3.8) is 0 Å². The van der Waals surface area contributed by atoms with Crippen LogP contribution in [-0.2, 0) is 4.79 Å². The van der Waals surface area contributed by atoms with Crippen LogP contribution in [0.4, 0.5) is 5.69 Å². The lowest BCUT2D eigenvalue weighted by atomic mass is 9.51. The van der Waals surface area contributed by atoms with E-state index in [1.165, 1.54) is 22.4 Å². The van der Waals surface area contributed by atoms with E-state index in [1.807, 2.05) is 13.0 Å². The molecule has 1 aromatic carbocycles. The van der Waals surface area contributed by atoms with Crippen molar-refractivity contribution in [1.82, 2.24) is 0 Å². The molecule has 5 rings (SSSR count). The number of allylic oxidation sites excluding steroid dienone is 4. The fourth-order valence-corrected chi connectivity index (χ4v) is 7.62. The second-order valence-electron chi connectivity index (χ2n) is 11.6. The monoisotopic (exact) mass is 456 g/mol. The molecule has 0 aromatic heterocycles. The highest BCUT2D eigenvalue weighted by atomic mass is 16.3. The zero-order valence-electron chi connectivity index (χ0n) is 21.4. The number of benzene rings is 1. The summed E-state index contributed by atoms with van der Waals surface area (Å²) >= 11 is 0. The summed E-state index contributed by atoms with van der Waals surface area (Å²) < 4.78 is 0. The molecule has 0 spiro atoms. The van der Waals surface area contributed by atoms with Gasteiger partial charge in [-0.2, -0.15) is 0 Å². The number of anilines is 1. The van der Waals surface area contributed by atoms with Gasteiger partial charge in [0, 0.05) is 36.5 Å². The maximum Gasteiger partial charge on any atom is 0.156 e. The number of hydrogen-bond acceptors (Lipinski definition) is 3. The summed E-state index contributed by atoms with van der Waals surface area (Å²) in [5, 5.41) is 11.8.